The highest BCUT2D eigenvalue weighted by atomic mass is 79.9. The van der Waals surface area contributed by atoms with Gasteiger partial charge in [-0.25, -0.2) is 0 Å². The van der Waals surface area contributed by atoms with E-state index in [4.69, 9.17) is 28.0 Å². The Labute approximate surface area is 220 Å². The van der Waals surface area contributed by atoms with Gasteiger partial charge in [0.2, 0.25) is 0 Å². The molecule has 0 bridgehead atoms. The predicted octanol–water partition coefficient (Wildman–Crippen LogP) is 6.20. The molecule has 1 saturated heterocycles. The van der Waals surface area contributed by atoms with Crippen LogP contribution in [0.15, 0.2) is 46.3 Å². The number of piperidine rings is 1. The minimum atomic E-state index is -0.279. The van der Waals surface area contributed by atoms with E-state index < -0.39 is 0 Å². The highest BCUT2D eigenvalue weighted by Crippen LogP contribution is 2.29. The predicted molar refractivity (Wildman–Crippen MR) is 142 cm³/mol. The summed E-state index contributed by atoms with van der Waals surface area (Å²) in [5.41, 5.74) is 2.32. The molecular formula is C25H31BrCl2N4O2. The number of hydrogen-bond acceptors (Lipinski definition) is 5. The maximum atomic E-state index is 12.6. The van der Waals surface area contributed by atoms with Gasteiger partial charge in [-0.3, -0.25) is 14.7 Å². The molecule has 0 unspecified atom stereocenters. The molecule has 1 N–H and O–H groups in total. The van der Waals surface area contributed by atoms with Crippen molar-refractivity contribution in [3.8, 4) is 0 Å². The SMILES string of the molecule is CCO/N=C(/c1ccc(Br)cc1)C1CCN(C(C)(C)CCNC(=O)c2c(Cl)cncc2Cl)CC1. The number of benzene rings is 1. The minimum absolute atomic E-state index is 0.0705. The first kappa shape index (κ1) is 26.9. The molecule has 0 saturated carbocycles. The molecule has 2 aromatic rings. The molecule has 1 aromatic heterocycles. The zero-order valence-corrected chi connectivity index (χ0v) is 22.9. The van der Waals surface area contributed by atoms with E-state index >= 15 is 0 Å². The van der Waals surface area contributed by atoms with Crippen molar-refractivity contribution in [2.24, 2.45) is 11.1 Å². The van der Waals surface area contributed by atoms with Crippen LogP contribution in [-0.2, 0) is 4.84 Å². The third kappa shape index (κ3) is 6.94. The lowest BCUT2D eigenvalue weighted by molar-refractivity contribution is 0.0756. The molecule has 1 amide bonds. The van der Waals surface area contributed by atoms with Crippen molar-refractivity contribution in [3.05, 3.63) is 62.3 Å². The van der Waals surface area contributed by atoms with E-state index in [0.717, 1.165) is 48.1 Å². The largest absolute Gasteiger partial charge is 0.396 e. The number of oxime groups is 1. The Balaban J connectivity index is 1.56. The van der Waals surface area contributed by atoms with Gasteiger partial charge in [0.1, 0.15) is 6.61 Å². The van der Waals surface area contributed by atoms with Crippen molar-refractivity contribution >= 4 is 50.8 Å². The minimum Gasteiger partial charge on any atom is -0.396 e. The van der Waals surface area contributed by atoms with Gasteiger partial charge in [0.15, 0.2) is 0 Å². The van der Waals surface area contributed by atoms with E-state index in [0.29, 0.717) is 19.1 Å². The molecule has 1 fully saturated rings. The van der Waals surface area contributed by atoms with E-state index in [1.807, 2.05) is 19.1 Å². The molecule has 0 radical (unpaired) electrons. The number of carbonyl (C=O) groups excluding carboxylic acids is 1. The summed E-state index contributed by atoms with van der Waals surface area (Å²) in [7, 11) is 0. The van der Waals surface area contributed by atoms with Crippen LogP contribution in [-0.4, -0.2) is 53.3 Å². The Kier molecular flexibility index (Phi) is 9.77. The van der Waals surface area contributed by atoms with Gasteiger partial charge in [-0.15, -0.1) is 0 Å². The Morgan fingerprint density at radius 3 is 2.41 bits per heavy atom. The summed E-state index contributed by atoms with van der Waals surface area (Å²) in [6, 6.07) is 8.25. The maximum Gasteiger partial charge on any atom is 0.254 e. The molecule has 2 heterocycles. The second kappa shape index (κ2) is 12.3. The fourth-order valence-electron chi connectivity index (χ4n) is 4.23. The zero-order valence-electron chi connectivity index (χ0n) is 19.8. The third-order valence-corrected chi connectivity index (χ3v) is 7.37. The molecule has 1 aromatic carbocycles. The molecule has 0 spiro atoms. The average Bonchev–Trinajstić information content (AvgIpc) is 2.80. The fourth-order valence-corrected chi connectivity index (χ4v) is 5.03. The number of likely N-dealkylation sites (tertiary alicyclic amines) is 1. The van der Waals surface area contributed by atoms with Gasteiger partial charge in [0.25, 0.3) is 5.91 Å². The van der Waals surface area contributed by atoms with Crippen LogP contribution < -0.4 is 5.32 Å². The van der Waals surface area contributed by atoms with Crippen molar-refractivity contribution in [2.75, 3.05) is 26.2 Å². The first-order chi connectivity index (χ1) is 16.2. The highest BCUT2D eigenvalue weighted by Gasteiger charge is 2.32. The standard InChI is InChI=1S/C25H31BrCl2N4O2/c1-4-34-31-23(17-5-7-19(26)8-6-17)18-9-13-32(14-10-18)25(2,3)11-12-30-24(33)22-20(27)15-29-16-21(22)28/h5-8,15-16,18H,4,9-14H2,1-3H3,(H,30,33)/b31-23-. The zero-order chi connectivity index (χ0) is 24.7. The van der Waals surface area contributed by atoms with Gasteiger partial charge in [0, 0.05) is 34.9 Å². The van der Waals surface area contributed by atoms with E-state index in [-0.39, 0.29) is 27.1 Å². The van der Waals surface area contributed by atoms with Crippen LogP contribution >= 0.6 is 39.1 Å². The molecule has 6 nitrogen and oxygen atoms in total. The summed E-state index contributed by atoms with van der Waals surface area (Å²) in [5, 5.41) is 7.93. The number of aromatic nitrogens is 1. The van der Waals surface area contributed by atoms with Gasteiger partial charge < -0.3 is 10.2 Å². The molecule has 9 heteroatoms. The normalized spacial score (nSPS) is 15.9. The third-order valence-electron chi connectivity index (χ3n) is 6.27. The number of rotatable bonds is 9. The molecule has 1 aliphatic heterocycles. The van der Waals surface area contributed by atoms with Crippen LogP contribution in [0.5, 0.6) is 0 Å². The Morgan fingerprint density at radius 1 is 1.21 bits per heavy atom. The van der Waals surface area contributed by atoms with Crippen LogP contribution in [0.1, 0.15) is 56.0 Å². The molecule has 1 aliphatic rings. The van der Waals surface area contributed by atoms with Crippen LogP contribution in [0, 0.1) is 5.92 Å². The lowest BCUT2D eigenvalue weighted by Crippen LogP contribution is -2.50. The summed E-state index contributed by atoms with van der Waals surface area (Å²) in [6.07, 6.45) is 5.65. The number of nitrogens with zero attached hydrogens (tertiary/aromatic N) is 3. The van der Waals surface area contributed by atoms with Gasteiger partial charge in [-0.1, -0.05) is 56.4 Å². The first-order valence-corrected chi connectivity index (χ1v) is 13.1. The van der Waals surface area contributed by atoms with Gasteiger partial charge in [-0.2, -0.15) is 0 Å². The number of hydrogen-bond donors (Lipinski definition) is 1. The van der Waals surface area contributed by atoms with Crippen molar-refractivity contribution in [2.45, 2.75) is 45.6 Å². The average molecular weight is 570 g/mol. The summed E-state index contributed by atoms with van der Waals surface area (Å²) < 4.78 is 1.05. The van der Waals surface area contributed by atoms with Crippen molar-refractivity contribution in [1.82, 2.24) is 15.2 Å². The summed E-state index contributed by atoms with van der Waals surface area (Å²) in [4.78, 5) is 24.4. The fraction of sp³-hybridized carbons (Fsp3) is 0.480. The van der Waals surface area contributed by atoms with E-state index in [1.54, 1.807) is 0 Å². The number of carbonyl (C=O) groups is 1. The molecule has 0 atom stereocenters. The lowest BCUT2D eigenvalue weighted by atomic mass is 9.85. The first-order valence-electron chi connectivity index (χ1n) is 11.5. The van der Waals surface area contributed by atoms with Gasteiger partial charge >= 0.3 is 0 Å². The van der Waals surface area contributed by atoms with Crippen LogP contribution in [0.2, 0.25) is 10.0 Å². The smallest absolute Gasteiger partial charge is 0.254 e. The lowest BCUT2D eigenvalue weighted by Gasteiger charge is -2.43. The Bertz CT molecular complexity index is 986. The molecule has 34 heavy (non-hydrogen) atoms. The molecule has 3 rings (SSSR count). The quantitative estimate of drug-likeness (QED) is 0.288. The second-order valence-corrected chi connectivity index (χ2v) is 10.7. The summed E-state index contributed by atoms with van der Waals surface area (Å²) in [5.74, 6) is 0.0636. The Morgan fingerprint density at radius 2 is 1.82 bits per heavy atom. The van der Waals surface area contributed by atoms with Gasteiger partial charge in [0.05, 0.1) is 21.3 Å². The van der Waals surface area contributed by atoms with Crippen molar-refractivity contribution in [1.29, 1.82) is 0 Å². The van der Waals surface area contributed by atoms with Crippen LogP contribution in [0.3, 0.4) is 0 Å². The highest BCUT2D eigenvalue weighted by molar-refractivity contribution is 9.10. The molecule has 0 aliphatic carbocycles. The maximum absolute atomic E-state index is 12.6. The van der Waals surface area contributed by atoms with Crippen LogP contribution in [0.25, 0.3) is 0 Å². The summed E-state index contributed by atoms with van der Waals surface area (Å²) >= 11 is 15.7. The van der Waals surface area contributed by atoms with E-state index in [9.17, 15) is 4.79 Å². The van der Waals surface area contributed by atoms with Gasteiger partial charge in [-0.05, 0) is 70.8 Å². The van der Waals surface area contributed by atoms with E-state index in [2.05, 4.69) is 62.3 Å². The number of halogens is 3. The molecule has 184 valence electrons. The topological polar surface area (TPSA) is 66.8 Å². The molecular weight excluding hydrogens is 539 g/mol. The van der Waals surface area contributed by atoms with Crippen LogP contribution in [0.4, 0.5) is 0 Å². The van der Waals surface area contributed by atoms with Crippen molar-refractivity contribution < 1.29 is 9.63 Å². The number of nitrogens with one attached hydrogen (secondary N) is 1. The van der Waals surface area contributed by atoms with E-state index in [1.165, 1.54) is 12.4 Å². The van der Waals surface area contributed by atoms with Crippen molar-refractivity contribution in [3.63, 3.8) is 0 Å². The number of amides is 1. The Hall–Kier alpha value is -1.67. The number of pyridine rings is 1. The summed E-state index contributed by atoms with van der Waals surface area (Å²) in [6.45, 7) is 9.36. The monoisotopic (exact) mass is 568 g/mol. The second-order valence-electron chi connectivity index (χ2n) is 8.96.